The average molecular weight is 531 g/mol. The molecular formula is C22H22F4N4O5S. The minimum absolute atomic E-state index is 0.0255. The summed E-state index contributed by atoms with van der Waals surface area (Å²) in [6, 6.07) is 7.30. The third kappa shape index (κ3) is 5.43. The van der Waals surface area contributed by atoms with Gasteiger partial charge in [0.25, 0.3) is 5.91 Å². The highest BCUT2D eigenvalue weighted by molar-refractivity contribution is 7.93. The average Bonchev–Trinajstić information content (AvgIpc) is 3.08. The molecule has 1 aromatic carbocycles. The molecule has 1 unspecified atom stereocenters. The second-order valence-corrected chi connectivity index (χ2v) is 11.0. The van der Waals surface area contributed by atoms with Gasteiger partial charge in [0.1, 0.15) is 17.0 Å². The first-order chi connectivity index (χ1) is 16.7. The molecule has 1 fully saturated rings. The molecule has 36 heavy (non-hydrogen) atoms. The number of carbonyl (C=O) groups excluding carboxylic acids is 1. The third-order valence-corrected chi connectivity index (χ3v) is 7.63. The molecule has 3 heterocycles. The van der Waals surface area contributed by atoms with E-state index in [1.807, 2.05) is 0 Å². The fourth-order valence-corrected chi connectivity index (χ4v) is 6.03. The molecular weight excluding hydrogens is 508 g/mol. The lowest BCUT2D eigenvalue weighted by Crippen LogP contribution is -2.63. The van der Waals surface area contributed by atoms with Crippen molar-refractivity contribution in [2.24, 2.45) is 0 Å². The molecule has 1 aliphatic rings. The van der Waals surface area contributed by atoms with Gasteiger partial charge in [0.05, 0.1) is 34.7 Å². The van der Waals surface area contributed by atoms with Crippen molar-refractivity contribution in [1.29, 1.82) is 0 Å². The minimum Gasteiger partial charge on any atom is -0.461 e. The summed E-state index contributed by atoms with van der Waals surface area (Å²) in [7, 11) is -3.24. The Balaban J connectivity index is 1.75. The van der Waals surface area contributed by atoms with Crippen LogP contribution in [0.1, 0.15) is 24.2 Å². The number of hydrogen-bond acceptors (Lipinski definition) is 7. The highest BCUT2D eigenvalue weighted by Crippen LogP contribution is 2.31. The fourth-order valence-electron chi connectivity index (χ4n) is 4.03. The summed E-state index contributed by atoms with van der Waals surface area (Å²) in [4.78, 5) is 17.0. The summed E-state index contributed by atoms with van der Waals surface area (Å²) in [5.41, 5.74) is -0.376. The van der Waals surface area contributed by atoms with Crippen LogP contribution in [-0.2, 0) is 16.4 Å². The first-order valence-corrected chi connectivity index (χ1v) is 12.5. The van der Waals surface area contributed by atoms with Crippen LogP contribution in [0.5, 0.6) is 5.75 Å². The molecule has 1 aliphatic heterocycles. The van der Waals surface area contributed by atoms with E-state index in [-0.39, 0.29) is 39.5 Å². The summed E-state index contributed by atoms with van der Waals surface area (Å²) in [5, 5.41) is 16.4. The molecule has 0 radical (unpaired) electrons. The van der Waals surface area contributed by atoms with Crippen molar-refractivity contribution >= 4 is 26.8 Å². The van der Waals surface area contributed by atoms with E-state index < -0.39 is 46.5 Å². The quantitative estimate of drug-likeness (QED) is 0.450. The van der Waals surface area contributed by atoms with E-state index in [2.05, 4.69) is 15.4 Å². The van der Waals surface area contributed by atoms with Crippen molar-refractivity contribution in [3.63, 3.8) is 0 Å². The number of alkyl halides is 4. The first kappa shape index (κ1) is 25.8. The van der Waals surface area contributed by atoms with Crippen molar-refractivity contribution in [3.8, 4) is 17.0 Å². The predicted molar refractivity (Wildman–Crippen MR) is 121 cm³/mol. The van der Waals surface area contributed by atoms with Gasteiger partial charge in [-0.2, -0.15) is 18.3 Å². The Labute approximate surface area is 203 Å². The van der Waals surface area contributed by atoms with E-state index >= 15 is 0 Å². The Bertz CT molecular complexity index is 1410. The van der Waals surface area contributed by atoms with Gasteiger partial charge in [0, 0.05) is 18.7 Å². The molecule has 194 valence electrons. The zero-order chi connectivity index (χ0) is 26.5. The highest BCUT2D eigenvalue weighted by Gasteiger charge is 2.46. The third-order valence-electron chi connectivity index (χ3n) is 5.47. The number of aromatic nitrogens is 3. The molecule has 0 bridgehead atoms. The molecule has 14 heteroatoms. The van der Waals surface area contributed by atoms with Gasteiger partial charge >= 0.3 is 6.18 Å². The maximum absolute atomic E-state index is 13.3. The second kappa shape index (κ2) is 9.00. The maximum atomic E-state index is 13.3. The van der Waals surface area contributed by atoms with Crippen molar-refractivity contribution in [3.05, 3.63) is 42.1 Å². The number of amides is 1. The topological polar surface area (TPSA) is 123 Å². The number of ether oxygens (including phenoxy) is 1. The van der Waals surface area contributed by atoms with E-state index in [9.17, 15) is 35.9 Å². The summed E-state index contributed by atoms with van der Waals surface area (Å²) in [6.45, 7) is 1.77. The van der Waals surface area contributed by atoms with E-state index in [0.717, 1.165) is 4.68 Å². The Hall–Kier alpha value is -3.26. The number of benzene rings is 1. The maximum Gasteiger partial charge on any atom is 0.416 e. The van der Waals surface area contributed by atoms with Crippen LogP contribution in [0.4, 0.5) is 17.6 Å². The van der Waals surface area contributed by atoms with Gasteiger partial charge in [-0.05, 0) is 25.1 Å². The van der Waals surface area contributed by atoms with Gasteiger partial charge in [-0.25, -0.2) is 12.8 Å². The molecule has 9 nitrogen and oxygen atoms in total. The number of hydrogen-bond donors (Lipinski definition) is 2. The molecule has 4 rings (SSSR count). The van der Waals surface area contributed by atoms with E-state index in [0.29, 0.717) is 5.56 Å². The van der Waals surface area contributed by atoms with Crippen molar-refractivity contribution in [2.45, 2.75) is 44.6 Å². The molecule has 0 spiro atoms. The first-order valence-electron chi connectivity index (χ1n) is 10.7. The minimum atomic E-state index is -4.92. The lowest BCUT2D eigenvalue weighted by atomic mass is 10.1. The Morgan fingerprint density at radius 3 is 2.61 bits per heavy atom. The second-order valence-electron chi connectivity index (χ2n) is 8.92. The van der Waals surface area contributed by atoms with Crippen LogP contribution in [0.2, 0.25) is 0 Å². The van der Waals surface area contributed by atoms with Crippen LogP contribution in [0.25, 0.3) is 22.3 Å². The highest BCUT2D eigenvalue weighted by atomic mass is 32.2. The van der Waals surface area contributed by atoms with Gasteiger partial charge in [0.15, 0.2) is 15.9 Å². The Kier molecular flexibility index (Phi) is 6.45. The normalized spacial score (nSPS) is 18.3. The molecule has 0 saturated carbocycles. The number of pyridine rings is 1. The van der Waals surface area contributed by atoms with Crippen LogP contribution < -0.4 is 10.1 Å². The van der Waals surface area contributed by atoms with Crippen LogP contribution >= 0.6 is 0 Å². The number of nitrogens with zero attached hydrogens (tertiary/aromatic N) is 3. The van der Waals surface area contributed by atoms with Crippen molar-refractivity contribution in [2.75, 3.05) is 11.5 Å². The van der Waals surface area contributed by atoms with Crippen LogP contribution in [0.15, 0.2) is 36.5 Å². The Morgan fingerprint density at radius 1 is 1.31 bits per heavy atom. The van der Waals surface area contributed by atoms with Crippen molar-refractivity contribution < 1.29 is 40.6 Å². The molecule has 2 aromatic heterocycles. The number of aliphatic hydroxyl groups excluding tert-OH is 1. The van der Waals surface area contributed by atoms with E-state index in [4.69, 9.17) is 4.74 Å². The standard InChI is InChI=1S/C22H22F4N4O5S/c1-12(23)35-15-5-3-4-13(6-15)18-19-16(30(29-18)9-17(31)22(24,25)26)7-14(8-27-19)20(32)28-21(2)10-36(33,34)11-21/h3-8,12,17,31H,9-11H2,1-2H3,(H,28,32)/t12?,17-/m0/s1. The molecule has 3 aromatic rings. The summed E-state index contributed by atoms with van der Waals surface area (Å²) < 4.78 is 81.4. The van der Waals surface area contributed by atoms with E-state index in [1.54, 1.807) is 13.0 Å². The smallest absolute Gasteiger partial charge is 0.416 e. The SMILES string of the molecule is CC(F)Oc1cccc(-c2nn(C[C@H](O)C(F)(F)F)c3cc(C(=O)NC4(C)CS(=O)(=O)C4)cnc23)c1. The molecule has 1 amide bonds. The predicted octanol–water partition coefficient (Wildman–Crippen LogP) is 2.63. The number of nitrogens with one attached hydrogen (secondary N) is 1. The number of carbonyl (C=O) groups is 1. The van der Waals surface area contributed by atoms with Gasteiger partial charge in [-0.3, -0.25) is 14.5 Å². The van der Waals surface area contributed by atoms with Gasteiger partial charge in [-0.1, -0.05) is 12.1 Å². The Morgan fingerprint density at radius 2 is 2.00 bits per heavy atom. The molecule has 2 N–H and O–H groups in total. The number of rotatable bonds is 7. The summed E-state index contributed by atoms with van der Waals surface area (Å²) >= 11 is 0. The molecule has 1 saturated heterocycles. The number of halogens is 4. The number of fused-ring (bicyclic) bond motifs is 1. The molecule has 0 aliphatic carbocycles. The molecule has 2 atom stereocenters. The number of sulfone groups is 1. The fraction of sp³-hybridized carbons (Fsp3) is 0.409. The lowest BCUT2D eigenvalue weighted by Gasteiger charge is -2.38. The van der Waals surface area contributed by atoms with Gasteiger partial charge < -0.3 is 15.2 Å². The number of aliphatic hydroxyl groups is 1. The lowest BCUT2D eigenvalue weighted by molar-refractivity contribution is -0.207. The largest absolute Gasteiger partial charge is 0.461 e. The van der Waals surface area contributed by atoms with Crippen LogP contribution in [0, 0.1) is 0 Å². The van der Waals surface area contributed by atoms with Gasteiger partial charge in [0.2, 0.25) is 6.36 Å². The summed E-state index contributed by atoms with van der Waals surface area (Å²) in [5.74, 6) is -0.992. The monoisotopic (exact) mass is 530 g/mol. The zero-order valence-corrected chi connectivity index (χ0v) is 19.9. The summed E-state index contributed by atoms with van der Waals surface area (Å²) in [6.07, 6.45) is -8.08. The zero-order valence-electron chi connectivity index (χ0n) is 19.1. The van der Waals surface area contributed by atoms with Crippen LogP contribution in [-0.4, -0.2) is 69.9 Å². The van der Waals surface area contributed by atoms with Crippen LogP contribution in [0.3, 0.4) is 0 Å². The van der Waals surface area contributed by atoms with Gasteiger partial charge in [-0.15, -0.1) is 0 Å². The van der Waals surface area contributed by atoms with E-state index in [1.165, 1.54) is 37.4 Å². The van der Waals surface area contributed by atoms with Crippen molar-refractivity contribution in [1.82, 2.24) is 20.1 Å².